The molecule has 1 heterocycles. The van der Waals surface area contributed by atoms with Crippen molar-refractivity contribution in [2.75, 3.05) is 31.5 Å². The maximum atomic E-state index is 11.2. The van der Waals surface area contributed by atoms with Crippen molar-refractivity contribution in [3.05, 3.63) is 21.7 Å². The largest absolute Gasteiger partial charge is 0.367 e. The zero-order chi connectivity index (χ0) is 12.7. The Morgan fingerprint density at radius 2 is 2.24 bits per heavy atom. The first kappa shape index (κ1) is 14.0. The molecule has 0 aliphatic rings. The molecule has 0 aromatic carbocycles. The van der Waals surface area contributed by atoms with Crippen molar-refractivity contribution in [3.63, 3.8) is 0 Å². The zero-order valence-corrected chi connectivity index (χ0v) is 11.0. The summed E-state index contributed by atoms with van der Waals surface area (Å²) >= 11 is 5.82. The molecule has 1 aromatic heterocycles. The summed E-state index contributed by atoms with van der Waals surface area (Å²) in [6.45, 7) is 8.03. The highest BCUT2D eigenvalue weighted by molar-refractivity contribution is 6.32. The number of nitrogens with one attached hydrogen (secondary N) is 2. The van der Waals surface area contributed by atoms with Crippen LogP contribution in [0.25, 0.3) is 0 Å². The number of likely N-dealkylation sites (N-methyl/N-ethyl adjacent to an activating group) is 1. The van der Waals surface area contributed by atoms with Gasteiger partial charge in [0.1, 0.15) is 5.02 Å². The second-order valence-electron chi connectivity index (χ2n) is 3.76. The van der Waals surface area contributed by atoms with Gasteiger partial charge in [0.05, 0.1) is 6.33 Å². The van der Waals surface area contributed by atoms with E-state index in [4.69, 9.17) is 11.6 Å². The van der Waals surface area contributed by atoms with Crippen LogP contribution in [0, 0.1) is 0 Å². The van der Waals surface area contributed by atoms with Gasteiger partial charge >= 0.3 is 0 Å². The van der Waals surface area contributed by atoms with Gasteiger partial charge in [-0.1, -0.05) is 25.4 Å². The summed E-state index contributed by atoms with van der Waals surface area (Å²) in [7, 11) is 0. The second-order valence-corrected chi connectivity index (χ2v) is 4.13. The molecule has 2 N–H and O–H groups in total. The van der Waals surface area contributed by atoms with Gasteiger partial charge < -0.3 is 15.2 Å². The highest BCUT2D eigenvalue weighted by Crippen LogP contribution is 2.11. The summed E-state index contributed by atoms with van der Waals surface area (Å²) in [5.74, 6) is 0.447. The van der Waals surface area contributed by atoms with Gasteiger partial charge in [-0.3, -0.25) is 4.79 Å². The highest BCUT2D eigenvalue weighted by atomic mass is 35.5. The zero-order valence-electron chi connectivity index (χ0n) is 10.3. The van der Waals surface area contributed by atoms with E-state index >= 15 is 0 Å². The third kappa shape index (κ3) is 4.36. The van der Waals surface area contributed by atoms with Crippen LogP contribution in [-0.4, -0.2) is 41.0 Å². The van der Waals surface area contributed by atoms with Gasteiger partial charge in [-0.15, -0.1) is 0 Å². The van der Waals surface area contributed by atoms with Crippen LogP contribution < -0.4 is 10.9 Å². The molecule has 0 amide bonds. The van der Waals surface area contributed by atoms with E-state index in [0.29, 0.717) is 5.82 Å². The molecule has 0 atom stereocenters. The molecular formula is C11H19ClN4O. The Balaban J connectivity index is 2.45. The van der Waals surface area contributed by atoms with Crippen LogP contribution in [0.1, 0.15) is 20.3 Å². The fourth-order valence-electron chi connectivity index (χ4n) is 1.58. The number of aromatic amines is 1. The van der Waals surface area contributed by atoms with Crippen molar-refractivity contribution < 1.29 is 0 Å². The molecular weight excluding hydrogens is 240 g/mol. The van der Waals surface area contributed by atoms with Gasteiger partial charge in [-0.2, -0.15) is 0 Å². The Labute approximate surface area is 106 Å². The van der Waals surface area contributed by atoms with Crippen LogP contribution >= 0.6 is 11.6 Å². The molecule has 1 rings (SSSR count). The first-order valence-corrected chi connectivity index (χ1v) is 6.26. The van der Waals surface area contributed by atoms with Crippen molar-refractivity contribution in [2.24, 2.45) is 0 Å². The fourth-order valence-corrected chi connectivity index (χ4v) is 1.75. The van der Waals surface area contributed by atoms with Crippen molar-refractivity contribution in [3.8, 4) is 0 Å². The molecule has 1 aromatic rings. The fraction of sp³-hybridized carbons (Fsp3) is 0.636. The van der Waals surface area contributed by atoms with Gasteiger partial charge in [-0.05, 0) is 19.5 Å². The molecule has 0 radical (unpaired) electrons. The average molecular weight is 259 g/mol. The van der Waals surface area contributed by atoms with E-state index in [1.807, 2.05) is 0 Å². The Morgan fingerprint density at radius 3 is 2.88 bits per heavy atom. The number of rotatable bonds is 7. The van der Waals surface area contributed by atoms with Crippen LogP contribution in [0.3, 0.4) is 0 Å². The van der Waals surface area contributed by atoms with E-state index < -0.39 is 0 Å². The molecule has 5 nitrogen and oxygen atoms in total. The number of H-pyrrole nitrogens is 1. The van der Waals surface area contributed by atoms with Crippen LogP contribution in [0.4, 0.5) is 5.82 Å². The van der Waals surface area contributed by atoms with E-state index in [1.54, 1.807) is 0 Å². The minimum atomic E-state index is -0.315. The average Bonchev–Trinajstić information content (AvgIpc) is 2.33. The lowest BCUT2D eigenvalue weighted by atomic mass is 10.4. The van der Waals surface area contributed by atoms with Gasteiger partial charge in [0.15, 0.2) is 5.82 Å². The summed E-state index contributed by atoms with van der Waals surface area (Å²) in [5, 5.41) is 3.19. The Morgan fingerprint density at radius 1 is 1.47 bits per heavy atom. The molecule has 17 heavy (non-hydrogen) atoms. The van der Waals surface area contributed by atoms with Gasteiger partial charge in [0, 0.05) is 13.1 Å². The minimum Gasteiger partial charge on any atom is -0.367 e. The van der Waals surface area contributed by atoms with Crippen LogP contribution in [-0.2, 0) is 0 Å². The highest BCUT2D eigenvalue weighted by Gasteiger charge is 2.05. The molecule has 0 unspecified atom stereocenters. The van der Waals surface area contributed by atoms with E-state index in [0.717, 1.165) is 32.6 Å². The molecule has 0 saturated carbocycles. The second kappa shape index (κ2) is 7.29. The molecule has 0 aliphatic carbocycles. The van der Waals surface area contributed by atoms with Crippen molar-refractivity contribution >= 4 is 17.4 Å². The Kier molecular flexibility index (Phi) is 6.00. The number of anilines is 1. The lowest BCUT2D eigenvalue weighted by Crippen LogP contribution is -2.30. The number of halogens is 1. The molecule has 6 heteroatoms. The van der Waals surface area contributed by atoms with Gasteiger partial charge in [-0.25, -0.2) is 4.98 Å². The smallest absolute Gasteiger partial charge is 0.271 e. The minimum absolute atomic E-state index is 0.117. The van der Waals surface area contributed by atoms with Gasteiger partial charge in [0.25, 0.3) is 5.56 Å². The molecule has 0 fully saturated rings. The van der Waals surface area contributed by atoms with Gasteiger partial charge in [0.2, 0.25) is 0 Å². The summed E-state index contributed by atoms with van der Waals surface area (Å²) in [5.41, 5.74) is -0.315. The summed E-state index contributed by atoms with van der Waals surface area (Å²) in [4.78, 5) is 20.0. The third-order valence-corrected chi connectivity index (χ3v) is 2.85. The summed E-state index contributed by atoms with van der Waals surface area (Å²) in [6, 6.07) is 0. The van der Waals surface area contributed by atoms with E-state index in [9.17, 15) is 4.79 Å². The molecule has 96 valence electrons. The maximum absolute atomic E-state index is 11.2. The number of nitrogens with zero attached hydrogens (tertiary/aromatic N) is 2. The number of hydrogen-bond acceptors (Lipinski definition) is 4. The Hall–Kier alpha value is -1.07. The maximum Gasteiger partial charge on any atom is 0.271 e. The van der Waals surface area contributed by atoms with Crippen LogP contribution in [0.15, 0.2) is 11.1 Å². The predicted octanol–water partition coefficient (Wildman–Crippen LogP) is 1.57. The normalized spacial score (nSPS) is 10.8. The lowest BCUT2D eigenvalue weighted by molar-refractivity contribution is 0.300. The first-order valence-electron chi connectivity index (χ1n) is 5.88. The summed E-state index contributed by atoms with van der Waals surface area (Å²) < 4.78 is 0. The van der Waals surface area contributed by atoms with Crippen molar-refractivity contribution in [1.82, 2.24) is 14.9 Å². The van der Waals surface area contributed by atoms with E-state index in [2.05, 4.69) is 34.0 Å². The molecule has 0 bridgehead atoms. The standard InChI is InChI=1S/C11H19ClN4O/c1-3-6-16(4-2)7-5-13-10-9(12)11(17)15-8-14-10/h8H,3-7H2,1-2H3,(H2,13,14,15,17). The number of hydrogen-bond donors (Lipinski definition) is 2. The predicted molar refractivity (Wildman–Crippen MR) is 70.8 cm³/mol. The quantitative estimate of drug-likeness (QED) is 0.779. The SMILES string of the molecule is CCCN(CC)CCNc1nc[nH]c(=O)c1Cl. The molecule has 0 aliphatic heterocycles. The lowest BCUT2D eigenvalue weighted by Gasteiger charge is -2.19. The van der Waals surface area contributed by atoms with E-state index in [-0.39, 0.29) is 10.6 Å². The van der Waals surface area contributed by atoms with E-state index in [1.165, 1.54) is 6.33 Å². The third-order valence-electron chi connectivity index (χ3n) is 2.50. The first-order chi connectivity index (χ1) is 8.19. The number of aromatic nitrogens is 2. The van der Waals surface area contributed by atoms with Crippen LogP contribution in [0.5, 0.6) is 0 Å². The monoisotopic (exact) mass is 258 g/mol. The van der Waals surface area contributed by atoms with Crippen molar-refractivity contribution in [1.29, 1.82) is 0 Å². The van der Waals surface area contributed by atoms with Crippen LogP contribution in [0.2, 0.25) is 5.02 Å². The molecule has 0 saturated heterocycles. The topological polar surface area (TPSA) is 61.0 Å². The summed E-state index contributed by atoms with van der Waals surface area (Å²) in [6.07, 6.45) is 2.48. The Bertz CT molecular complexity index is 393. The molecule has 0 spiro atoms. The van der Waals surface area contributed by atoms with Crippen molar-refractivity contribution in [2.45, 2.75) is 20.3 Å².